The van der Waals surface area contributed by atoms with Gasteiger partial charge >= 0.3 is 0 Å². The first kappa shape index (κ1) is 17.2. The fourth-order valence-electron chi connectivity index (χ4n) is 2.59. The van der Waals surface area contributed by atoms with Crippen molar-refractivity contribution < 1.29 is 13.9 Å². The van der Waals surface area contributed by atoms with Crippen LogP contribution in [0, 0.1) is 11.7 Å². The van der Waals surface area contributed by atoms with Gasteiger partial charge in [0.2, 0.25) is 5.91 Å². The fraction of sp³-hybridized carbons (Fsp3) is 0.562. The van der Waals surface area contributed by atoms with Crippen LogP contribution in [-0.2, 0) is 9.53 Å². The van der Waals surface area contributed by atoms with Crippen molar-refractivity contribution in [3.05, 3.63) is 34.6 Å². The smallest absolute Gasteiger partial charge is 0.219 e. The highest BCUT2D eigenvalue weighted by atomic mass is 35.5. The molecular weight excluding hydrogens is 307 g/mol. The zero-order chi connectivity index (χ0) is 15.9. The van der Waals surface area contributed by atoms with E-state index in [9.17, 15) is 9.18 Å². The van der Waals surface area contributed by atoms with Gasteiger partial charge in [-0.15, -0.1) is 0 Å². The van der Waals surface area contributed by atoms with Crippen molar-refractivity contribution >= 4 is 17.5 Å². The first-order valence-electron chi connectivity index (χ1n) is 7.65. The lowest BCUT2D eigenvalue weighted by molar-refractivity contribution is -0.121. The second-order valence-corrected chi connectivity index (χ2v) is 5.89. The Kier molecular flexibility index (Phi) is 6.61. The van der Waals surface area contributed by atoms with Crippen LogP contribution < -0.4 is 10.6 Å². The summed E-state index contributed by atoms with van der Waals surface area (Å²) in [6, 6.07) is 4.74. The summed E-state index contributed by atoms with van der Waals surface area (Å²) in [5.41, 5.74) is 0.750. The molecule has 0 unspecified atom stereocenters. The molecule has 1 aliphatic rings. The van der Waals surface area contributed by atoms with Gasteiger partial charge in [-0.05, 0) is 24.1 Å². The number of halogens is 2. The van der Waals surface area contributed by atoms with Crippen molar-refractivity contribution in [3.63, 3.8) is 0 Å². The molecule has 1 aliphatic heterocycles. The van der Waals surface area contributed by atoms with Gasteiger partial charge in [0.15, 0.2) is 0 Å². The second kappa shape index (κ2) is 8.46. The minimum absolute atomic E-state index is 0.0350. The predicted molar refractivity (Wildman–Crippen MR) is 84.4 cm³/mol. The van der Waals surface area contributed by atoms with Crippen LogP contribution in [0.2, 0.25) is 5.02 Å². The Hall–Kier alpha value is -1.17. The molecule has 1 amide bonds. The van der Waals surface area contributed by atoms with E-state index < -0.39 is 5.82 Å². The minimum Gasteiger partial charge on any atom is -0.372 e. The topological polar surface area (TPSA) is 50.4 Å². The van der Waals surface area contributed by atoms with E-state index in [1.54, 1.807) is 12.1 Å². The molecule has 0 aliphatic carbocycles. The monoisotopic (exact) mass is 328 g/mol. The molecule has 0 spiro atoms. The first-order valence-corrected chi connectivity index (χ1v) is 8.03. The summed E-state index contributed by atoms with van der Waals surface area (Å²) in [6.07, 6.45) is 1.07. The lowest BCUT2D eigenvalue weighted by Crippen LogP contribution is -2.36. The molecule has 1 aromatic rings. The number of ether oxygens (including phenoxy) is 1. The van der Waals surface area contributed by atoms with Crippen LogP contribution in [-0.4, -0.2) is 32.1 Å². The van der Waals surface area contributed by atoms with Crippen LogP contribution in [0.4, 0.5) is 4.39 Å². The Morgan fingerprint density at radius 1 is 1.55 bits per heavy atom. The standard InChI is InChI=1S/C16H22ClFN2O2/c1-2-3-15(21)20-10-12-9-19-6-7-22-16(12)11-4-5-13(17)14(18)8-11/h4-5,8,12,16,19H,2-3,6-7,9-10H2,1H3,(H,20,21)/t12-,16-/m0/s1. The van der Waals surface area contributed by atoms with Crippen LogP contribution in [0.15, 0.2) is 18.2 Å². The number of benzene rings is 1. The number of hydrogen-bond donors (Lipinski definition) is 2. The van der Waals surface area contributed by atoms with Gasteiger partial charge < -0.3 is 15.4 Å². The third-order valence-corrected chi connectivity index (χ3v) is 4.03. The second-order valence-electron chi connectivity index (χ2n) is 5.48. The fourth-order valence-corrected chi connectivity index (χ4v) is 2.70. The average molecular weight is 329 g/mol. The van der Waals surface area contributed by atoms with Crippen molar-refractivity contribution in [2.75, 3.05) is 26.2 Å². The lowest BCUT2D eigenvalue weighted by atomic mass is 9.95. The predicted octanol–water partition coefficient (Wildman–Crippen LogP) is 2.67. The third-order valence-electron chi connectivity index (χ3n) is 3.72. The number of carbonyl (C=O) groups excluding carboxylic acids is 1. The van der Waals surface area contributed by atoms with E-state index in [2.05, 4.69) is 10.6 Å². The maximum atomic E-state index is 13.7. The van der Waals surface area contributed by atoms with Gasteiger partial charge in [0.05, 0.1) is 17.7 Å². The lowest BCUT2D eigenvalue weighted by Gasteiger charge is -2.25. The van der Waals surface area contributed by atoms with Gasteiger partial charge in [-0.2, -0.15) is 0 Å². The number of rotatable bonds is 5. The quantitative estimate of drug-likeness (QED) is 0.873. The Balaban J connectivity index is 2.09. The zero-order valence-corrected chi connectivity index (χ0v) is 13.5. The zero-order valence-electron chi connectivity index (χ0n) is 12.7. The average Bonchev–Trinajstić information content (AvgIpc) is 2.74. The first-order chi connectivity index (χ1) is 10.6. The Morgan fingerprint density at radius 3 is 3.09 bits per heavy atom. The van der Waals surface area contributed by atoms with Crippen molar-refractivity contribution in [3.8, 4) is 0 Å². The van der Waals surface area contributed by atoms with Crippen LogP contribution in [0.5, 0.6) is 0 Å². The molecule has 1 aromatic carbocycles. The highest BCUT2D eigenvalue weighted by Crippen LogP contribution is 2.29. The maximum absolute atomic E-state index is 13.7. The highest BCUT2D eigenvalue weighted by Gasteiger charge is 2.27. The van der Waals surface area contributed by atoms with E-state index in [0.717, 1.165) is 18.5 Å². The summed E-state index contributed by atoms with van der Waals surface area (Å²) in [5, 5.41) is 6.31. The Labute approximate surface area is 135 Å². The van der Waals surface area contributed by atoms with Gasteiger partial charge in [-0.3, -0.25) is 4.79 Å². The van der Waals surface area contributed by atoms with Crippen molar-refractivity contribution in [2.45, 2.75) is 25.9 Å². The molecule has 22 heavy (non-hydrogen) atoms. The van der Waals surface area contributed by atoms with Crippen LogP contribution in [0.3, 0.4) is 0 Å². The highest BCUT2D eigenvalue weighted by molar-refractivity contribution is 6.30. The summed E-state index contributed by atoms with van der Waals surface area (Å²) < 4.78 is 19.6. The molecule has 0 radical (unpaired) electrons. The number of nitrogens with one attached hydrogen (secondary N) is 2. The molecule has 6 heteroatoms. The van der Waals surface area contributed by atoms with Crippen LogP contribution >= 0.6 is 11.6 Å². The van der Waals surface area contributed by atoms with Crippen molar-refractivity contribution in [1.29, 1.82) is 0 Å². The normalized spacial score (nSPS) is 22.1. The Morgan fingerprint density at radius 2 is 2.36 bits per heavy atom. The summed E-state index contributed by atoms with van der Waals surface area (Å²) in [7, 11) is 0. The molecule has 0 bridgehead atoms. The van der Waals surface area contributed by atoms with Crippen molar-refractivity contribution in [2.24, 2.45) is 5.92 Å². The summed E-state index contributed by atoms with van der Waals surface area (Å²) in [4.78, 5) is 11.7. The van der Waals surface area contributed by atoms with Gasteiger partial charge in [0.1, 0.15) is 5.82 Å². The molecule has 1 heterocycles. The summed E-state index contributed by atoms with van der Waals surface area (Å²) in [5.74, 6) is -0.370. The molecule has 2 rings (SSSR count). The largest absolute Gasteiger partial charge is 0.372 e. The van der Waals surface area contributed by atoms with Gasteiger partial charge in [-0.1, -0.05) is 24.6 Å². The minimum atomic E-state index is -0.450. The van der Waals surface area contributed by atoms with E-state index in [1.165, 1.54) is 6.07 Å². The summed E-state index contributed by atoms with van der Waals surface area (Å²) in [6.45, 7) is 4.47. The van der Waals surface area contributed by atoms with E-state index in [-0.39, 0.29) is 23.0 Å². The van der Waals surface area contributed by atoms with Crippen molar-refractivity contribution in [1.82, 2.24) is 10.6 Å². The van der Waals surface area contributed by atoms with Gasteiger partial charge in [-0.25, -0.2) is 4.39 Å². The maximum Gasteiger partial charge on any atom is 0.219 e. The molecule has 122 valence electrons. The third kappa shape index (κ3) is 4.66. The number of hydrogen-bond acceptors (Lipinski definition) is 3. The molecule has 2 N–H and O–H groups in total. The molecule has 0 saturated carbocycles. The van der Waals surface area contributed by atoms with E-state index in [4.69, 9.17) is 16.3 Å². The van der Waals surface area contributed by atoms with Crippen LogP contribution in [0.1, 0.15) is 31.4 Å². The van der Waals surface area contributed by atoms with E-state index in [1.807, 2.05) is 6.92 Å². The molecular formula is C16H22ClFN2O2. The van der Waals surface area contributed by atoms with Crippen LogP contribution in [0.25, 0.3) is 0 Å². The molecule has 1 fully saturated rings. The SMILES string of the molecule is CCCC(=O)NC[C@@H]1CNCCO[C@H]1c1ccc(Cl)c(F)c1. The van der Waals surface area contributed by atoms with E-state index in [0.29, 0.717) is 26.1 Å². The molecule has 2 atom stereocenters. The van der Waals surface area contributed by atoms with E-state index >= 15 is 0 Å². The number of amides is 1. The molecule has 1 saturated heterocycles. The summed E-state index contributed by atoms with van der Waals surface area (Å²) >= 11 is 5.74. The Bertz CT molecular complexity index is 513. The molecule has 0 aromatic heterocycles. The number of carbonyl (C=O) groups is 1. The van der Waals surface area contributed by atoms with Gasteiger partial charge in [0, 0.05) is 32.0 Å². The van der Waals surface area contributed by atoms with Gasteiger partial charge in [0.25, 0.3) is 0 Å². The molecule has 4 nitrogen and oxygen atoms in total.